The molecule has 0 amide bonds. The number of carboxylic acids is 1. The first kappa shape index (κ1) is 15.8. The number of nitrogens with one attached hydrogen (secondary N) is 1. The van der Waals surface area contributed by atoms with Gasteiger partial charge >= 0.3 is 5.97 Å². The van der Waals surface area contributed by atoms with Crippen molar-refractivity contribution in [3.8, 4) is 0 Å². The topological polar surface area (TPSA) is 96.4 Å². The van der Waals surface area contributed by atoms with Crippen molar-refractivity contribution >= 4 is 38.9 Å². The summed E-state index contributed by atoms with van der Waals surface area (Å²) in [7, 11) is -3.89. The fourth-order valence-corrected chi connectivity index (χ4v) is 3.43. The number of sulfonamides is 1. The van der Waals surface area contributed by atoms with Crippen LogP contribution in [0.25, 0.3) is 0 Å². The van der Waals surface area contributed by atoms with Crippen molar-refractivity contribution in [2.75, 3.05) is 0 Å². The van der Waals surface area contributed by atoms with Gasteiger partial charge in [0.15, 0.2) is 5.69 Å². The van der Waals surface area contributed by atoms with E-state index in [1.54, 1.807) is 0 Å². The molecule has 0 spiro atoms. The lowest BCUT2D eigenvalue weighted by molar-refractivity contribution is 0.0691. The Kier molecular flexibility index (Phi) is 4.57. The lowest BCUT2D eigenvalue weighted by Crippen LogP contribution is -2.23. The van der Waals surface area contributed by atoms with E-state index in [0.717, 1.165) is 29.5 Å². The predicted molar refractivity (Wildman–Crippen MR) is 74.5 cm³/mol. The van der Waals surface area contributed by atoms with Gasteiger partial charge in [0, 0.05) is 5.38 Å². The van der Waals surface area contributed by atoms with E-state index in [1.165, 1.54) is 5.38 Å². The maximum absolute atomic E-state index is 13.0. The SMILES string of the molecule is O=C(O)c1csc(CNS(=O)(=O)c2ccc(F)c(Cl)c2)n1. The summed E-state index contributed by atoms with van der Waals surface area (Å²) in [4.78, 5) is 14.2. The second-order valence-electron chi connectivity index (χ2n) is 3.83. The third kappa shape index (κ3) is 3.76. The Bertz CT molecular complexity index is 791. The van der Waals surface area contributed by atoms with E-state index < -0.39 is 21.8 Å². The van der Waals surface area contributed by atoms with Crippen LogP contribution >= 0.6 is 22.9 Å². The molecule has 0 aliphatic heterocycles. The second-order valence-corrected chi connectivity index (χ2v) is 6.95. The lowest BCUT2D eigenvalue weighted by Gasteiger charge is -2.05. The summed E-state index contributed by atoms with van der Waals surface area (Å²) in [5.74, 6) is -1.91. The fourth-order valence-electron chi connectivity index (χ4n) is 1.37. The minimum absolute atomic E-state index is 0.154. The molecule has 0 fully saturated rings. The Morgan fingerprint density at radius 3 is 2.76 bits per heavy atom. The number of hydrogen-bond acceptors (Lipinski definition) is 5. The Morgan fingerprint density at radius 1 is 1.48 bits per heavy atom. The van der Waals surface area contributed by atoms with Crippen LogP contribution in [0, 0.1) is 5.82 Å². The van der Waals surface area contributed by atoms with Crippen molar-refractivity contribution in [1.82, 2.24) is 9.71 Å². The van der Waals surface area contributed by atoms with Crippen LogP contribution in [0.2, 0.25) is 5.02 Å². The molecule has 0 saturated heterocycles. The van der Waals surface area contributed by atoms with Crippen molar-refractivity contribution < 1.29 is 22.7 Å². The predicted octanol–water partition coefficient (Wildman–Crippen LogP) is 2.11. The summed E-state index contributed by atoms with van der Waals surface area (Å²) in [6.45, 7) is -0.171. The van der Waals surface area contributed by atoms with Crippen LogP contribution in [0.5, 0.6) is 0 Å². The highest BCUT2D eigenvalue weighted by atomic mass is 35.5. The van der Waals surface area contributed by atoms with Gasteiger partial charge in [-0.2, -0.15) is 0 Å². The summed E-state index contributed by atoms with van der Waals surface area (Å²) >= 11 is 6.55. The molecular formula is C11H8ClFN2O4S2. The molecule has 0 aliphatic carbocycles. The van der Waals surface area contributed by atoms with E-state index in [9.17, 15) is 17.6 Å². The van der Waals surface area contributed by atoms with Crippen LogP contribution in [0.1, 0.15) is 15.5 Å². The van der Waals surface area contributed by atoms with Crippen molar-refractivity contribution in [3.05, 3.63) is 45.1 Å². The number of thiazole rings is 1. The van der Waals surface area contributed by atoms with Crippen molar-refractivity contribution in [3.63, 3.8) is 0 Å². The molecule has 21 heavy (non-hydrogen) atoms. The Balaban J connectivity index is 2.13. The minimum Gasteiger partial charge on any atom is -0.476 e. The standard InChI is InChI=1S/C11H8ClFN2O4S2/c12-7-3-6(1-2-8(7)13)21(18,19)14-4-10-15-9(5-20-10)11(16)17/h1-3,5,14H,4H2,(H,16,17). The van der Waals surface area contributed by atoms with Crippen LogP contribution in [0.4, 0.5) is 4.39 Å². The van der Waals surface area contributed by atoms with Crippen molar-refractivity contribution in [2.45, 2.75) is 11.4 Å². The van der Waals surface area contributed by atoms with Gasteiger partial charge in [0.1, 0.15) is 10.8 Å². The van der Waals surface area contributed by atoms with Crippen LogP contribution < -0.4 is 4.72 Å². The van der Waals surface area contributed by atoms with Crippen molar-refractivity contribution in [1.29, 1.82) is 0 Å². The molecule has 2 rings (SSSR count). The van der Waals surface area contributed by atoms with Gasteiger partial charge in [0.2, 0.25) is 10.0 Å². The number of carboxylic acid groups (broad SMARTS) is 1. The molecule has 0 atom stereocenters. The van der Waals surface area contributed by atoms with Gasteiger partial charge in [0.25, 0.3) is 0 Å². The Labute approximate surface area is 128 Å². The third-order valence-corrected chi connectivity index (χ3v) is 4.92. The summed E-state index contributed by atoms with van der Waals surface area (Å²) < 4.78 is 39.2. The number of rotatable bonds is 5. The number of aromatic nitrogens is 1. The van der Waals surface area contributed by atoms with E-state index in [-0.39, 0.29) is 22.2 Å². The highest BCUT2D eigenvalue weighted by Gasteiger charge is 2.17. The average Bonchev–Trinajstić information content (AvgIpc) is 2.89. The summed E-state index contributed by atoms with van der Waals surface area (Å²) in [6, 6.07) is 3.01. The van der Waals surface area contributed by atoms with Gasteiger partial charge in [-0.1, -0.05) is 11.6 Å². The van der Waals surface area contributed by atoms with E-state index in [0.29, 0.717) is 5.01 Å². The van der Waals surface area contributed by atoms with E-state index in [2.05, 4.69) is 9.71 Å². The number of hydrogen-bond donors (Lipinski definition) is 2. The first-order chi connectivity index (χ1) is 9.79. The molecule has 0 aliphatic rings. The molecule has 0 radical (unpaired) electrons. The molecule has 0 saturated carbocycles. The zero-order valence-corrected chi connectivity index (χ0v) is 12.6. The minimum atomic E-state index is -3.89. The highest BCUT2D eigenvalue weighted by molar-refractivity contribution is 7.89. The number of aromatic carboxylic acids is 1. The largest absolute Gasteiger partial charge is 0.476 e. The second kappa shape index (κ2) is 6.06. The molecule has 6 nitrogen and oxygen atoms in total. The fraction of sp³-hybridized carbons (Fsp3) is 0.0909. The lowest BCUT2D eigenvalue weighted by atomic mass is 10.3. The molecule has 10 heteroatoms. The zero-order valence-electron chi connectivity index (χ0n) is 10.2. The molecule has 2 N–H and O–H groups in total. The normalized spacial score (nSPS) is 11.5. The first-order valence-corrected chi connectivity index (χ1v) is 8.16. The molecule has 1 heterocycles. The highest BCUT2D eigenvalue weighted by Crippen LogP contribution is 2.19. The molecule has 112 valence electrons. The molecule has 0 unspecified atom stereocenters. The van der Waals surface area contributed by atoms with Crippen molar-refractivity contribution in [2.24, 2.45) is 0 Å². The quantitative estimate of drug-likeness (QED) is 0.861. The van der Waals surface area contributed by atoms with Gasteiger partial charge in [-0.05, 0) is 18.2 Å². The summed E-state index contributed by atoms with van der Waals surface area (Å²) in [5.41, 5.74) is -0.154. The first-order valence-electron chi connectivity index (χ1n) is 5.42. The van der Waals surface area contributed by atoms with Gasteiger partial charge in [-0.3, -0.25) is 0 Å². The smallest absolute Gasteiger partial charge is 0.355 e. The number of nitrogens with zero attached hydrogens (tertiary/aromatic N) is 1. The monoisotopic (exact) mass is 350 g/mol. The zero-order chi connectivity index (χ0) is 15.6. The number of carbonyl (C=O) groups is 1. The molecular weight excluding hydrogens is 343 g/mol. The summed E-state index contributed by atoms with van der Waals surface area (Å²) in [5, 5.41) is 10.0. The maximum atomic E-state index is 13.0. The number of halogens is 2. The average molecular weight is 351 g/mol. The van der Waals surface area contributed by atoms with Gasteiger partial charge in [0.05, 0.1) is 16.5 Å². The molecule has 1 aromatic heterocycles. The third-order valence-electron chi connectivity index (χ3n) is 2.39. The van der Waals surface area contributed by atoms with Gasteiger partial charge < -0.3 is 5.11 Å². The Hall–Kier alpha value is -1.55. The van der Waals surface area contributed by atoms with E-state index in [4.69, 9.17) is 16.7 Å². The van der Waals surface area contributed by atoms with E-state index in [1.807, 2.05) is 0 Å². The molecule has 1 aromatic carbocycles. The number of benzene rings is 1. The van der Waals surface area contributed by atoms with Gasteiger partial charge in [-0.15, -0.1) is 11.3 Å². The van der Waals surface area contributed by atoms with Crippen LogP contribution in [-0.4, -0.2) is 24.5 Å². The summed E-state index contributed by atoms with van der Waals surface area (Å²) in [6.07, 6.45) is 0. The van der Waals surface area contributed by atoms with Gasteiger partial charge in [-0.25, -0.2) is 27.3 Å². The van der Waals surface area contributed by atoms with E-state index >= 15 is 0 Å². The van der Waals surface area contributed by atoms with Crippen LogP contribution in [0.3, 0.4) is 0 Å². The van der Waals surface area contributed by atoms with Crippen LogP contribution in [0.15, 0.2) is 28.5 Å². The molecule has 0 bridgehead atoms. The Morgan fingerprint density at radius 2 is 2.19 bits per heavy atom. The maximum Gasteiger partial charge on any atom is 0.355 e. The van der Waals surface area contributed by atoms with Crippen LogP contribution in [-0.2, 0) is 16.6 Å². The molecule has 2 aromatic rings.